The van der Waals surface area contributed by atoms with E-state index in [9.17, 15) is 4.21 Å². The molecule has 1 atom stereocenters. The summed E-state index contributed by atoms with van der Waals surface area (Å²) in [5.74, 6) is 2.88. The Morgan fingerprint density at radius 2 is 1.81 bits per heavy atom. The first kappa shape index (κ1) is 21.1. The van der Waals surface area contributed by atoms with Crippen LogP contribution in [0, 0.1) is 0 Å². The predicted octanol–water partition coefficient (Wildman–Crippen LogP) is 3.77. The highest BCUT2D eigenvalue weighted by atomic mass is 32.2. The molecule has 2 N–H and O–H groups in total. The van der Waals surface area contributed by atoms with Gasteiger partial charge in [0.05, 0.1) is 4.90 Å². The number of aromatic nitrogens is 2. The second-order valence-electron chi connectivity index (χ2n) is 7.03. The minimum atomic E-state index is -1.09. The van der Waals surface area contributed by atoms with Crippen molar-refractivity contribution in [2.75, 3.05) is 43.0 Å². The van der Waals surface area contributed by atoms with Crippen molar-refractivity contribution >= 4 is 56.5 Å². The van der Waals surface area contributed by atoms with E-state index < -0.39 is 11.0 Å². The number of thioether (sulfide) groups is 1. The van der Waals surface area contributed by atoms with E-state index in [1.807, 2.05) is 46.8 Å². The van der Waals surface area contributed by atoms with E-state index in [-0.39, 0.29) is 0 Å². The number of rotatable bonds is 5. The standard InChI is InChI=1S/C20H22N6OS4/c27-31(26-8-10-28-11-9-26)15-4-2-14(3-5-15)18-23-16(12-29-18)17-13-30-20(24-17)25-19-21-6-1-7-22-19/h2-5,12-13H,1,6-11H2,(H2,21,22,24,25). The molecule has 0 spiro atoms. The Hall–Kier alpha value is -1.79. The molecule has 1 aromatic carbocycles. The molecule has 7 nitrogen and oxygen atoms in total. The topological polar surface area (TPSA) is 82.5 Å². The fourth-order valence-corrected chi connectivity index (χ4v) is 7.10. The monoisotopic (exact) mass is 490 g/mol. The molecule has 1 unspecified atom stereocenters. The number of nitrogens with one attached hydrogen (secondary N) is 2. The number of benzene rings is 1. The number of nitrogens with zero attached hydrogens (tertiary/aromatic N) is 4. The fourth-order valence-electron chi connectivity index (χ4n) is 3.27. The zero-order valence-corrected chi connectivity index (χ0v) is 20.0. The Labute approximate surface area is 196 Å². The molecule has 4 heterocycles. The van der Waals surface area contributed by atoms with Gasteiger partial charge >= 0.3 is 0 Å². The van der Waals surface area contributed by atoms with E-state index >= 15 is 0 Å². The molecule has 0 bridgehead atoms. The van der Waals surface area contributed by atoms with Crippen LogP contribution in [0.5, 0.6) is 0 Å². The second-order valence-corrected chi connectivity index (χ2v) is 11.5. The van der Waals surface area contributed by atoms with Crippen LogP contribution in [0.2, 0.25) is 0 Å². The summed E-state index contributed by atoms with van der Waals surface area (Å²) < 4.78 is 14.8. The average molecular weight is 491 g/mol. The predicted molar refractivity (Wildman–Crippen MR) is 133 cm³/mol. The summed E-state index contributed by atoms with van der Waals surface area (Å²) in [6, 6.07) is 7.93. The van der Waals surface area contributed by atoms with Gasteiger partial charge in [0.15, 0.2) is 11.1 Å². The molecule has 2 aromatic heterocycles. The molecule has 31 heavy (non-hydrogen) atoms. The molecular formula is C20H22N6OS4. The van der Waals surface area contributed by atoms with E-state index in [0.29, 0.717) is 0 Å². The van der Waals surface area contributed by atoms with E-state index in [1.165, 1.54) is 0 Å². The zero-order valence-electron chi connectivity index (χ0n) is 16.7. The van der Waals surface area contributed by atoms with E-state index in [0.717, 1.165) is 82.1 Å². The maximum atomic E-state index is 12.8. The first-order valence-corrected chi connectivity index (χ1v) is 14.1. The summed E-state index contributed by atoms with van der Waals surface area (Å²) in [6.45, 7) is 3.53. The molecule has 162 valence electrons. The largest absolute Gasteiger partial charge is 0.356 e. The highest BCUT2D eigenvalue weighted by molar-refractivity contribution is 7.99. The third-order valence-electron chi connectivity index (χ3n) is 4.90. The van der Waals surface area contributed by atoms with Gasteiger partial charge in [-0.3, -0.25) is 4.99 Å². The molecule has 1 fully saturated rings. The van der Waals surface area contributed by atoms with Crippen LogP contribution in [0.1, 0.15) is 6.42 Å². The number of aliphatic imine (C=N–C) groups is 1. The van der Waals surface area contributed by atoms with Gasteiger partial charge in [0.2, 0.25) is 0 Å². The van der Waals surface area contributed by atoms with Crippen molar-refractivity contribution in [1.82, 2.24) is 19.6 Å². The summed E-state index contributed by atoms with van der Waals surface area (Å²) >= 11 is 5.06. The summed E-state index contributed by atoms with van der Waals surface area (Å²) in [7, 11) is -1.09. The molecule has 0 saturated carbocycles. The van der Waals surface area contributed by atoms with Crippen molar-refractivity contribution in [3.8, 4) is 22.0 Å². The van der Waals surface area contributed by atoms with Crippen LogP contribution in [0.4, 0.5) is 5.13 Å². The molecule has 11 heteroatoms. The molecule has 0 amide bonds. The van der Waals surface area contributed by atoms with Crippen LogP contribution >= 0.6 is 34.4 Å². The number of hydrogen-bond donors (Lipinski definition) is 2. The summed E-state index contributed by atoms with van der Waals surface area (Å²) in [5, 5.41) is 12.3. The van der Waals surface area contributed by atoms with E-state index in [4.69, 9.17) is 4.98 Å². The first-order chi connectivity index (χ1) is 15.3. The van der Waals surface area contributed by atoms with Gasteiger partial charge in [0.1, 0.15) is 27.4 Å². The van der Waals surface area contributed by atoms with Crippen molar-refractivity contribution in [3.05, 3.63) is 35.0 Å². The van der Waals surface area contributed by atoms with Gasteiger partial charge in [-0.15, -0.1) is 22.7 Å². The lowest BCUT2D eigenvalue weighted by Gasteiger charge is -2.24. The van der Waals surface area contributed by atoms with Crippen molar-refractivity contribution < 1.29 is 4.21 Å². The third kappa shape index (κ3) is 5.01. The van der Waals surface area contributed by atoms with E-state index in [2.05, 4.69) is 24.9 Å². The Balaban J connectivity index is 1.27. The maximum Gasteiger partial charge on any atom is 0.197 e. The molecule has 1 saturated heterocycles. The summed E-state index contributed by atoms with van der Waals surface area (Å²) in [6.07, 6.45) is 1.06. The lowest BCUT2D eigenvalue weighted by Crippen LogP contribution is -2.35. The van der Waals surface area contributed by atoms with Crippen molar-refractivity contribution in [3.63, 3.8) is 0 Å². The zero-order chi connectivity index (χ0) is 21.0. The Morgan fingerprint density at radius 1 is 1.03 bits per heavy atom. The van der Waals surface area contributed by atoms with Crippen LogP contribution in [0.15, 0.2) is 44.9 Å². The highest BCUT2D eigenvalue weighted by Crippen LogP contribution is 2.31. The quantitative estimate of drug-likeness (QED) is 0.567. The van der Waals surface area contributed by atoms with Crippen LogP contribution in [0.25, 0.3) is 22.0 Å². The highest BCUT2D eigenvalue weighted by Gasteiger charge is 2.18. The average Bonchev–Trinajstić information content (AvgIpc) is 3.50. The number of hydrogen-bond acceptors (Lipinski definition) is 9. The lowest BCUT2D eigenvalue weighted by atomic mass is 10.2. The Kier molecular flexibility index (Phi) is 6.65. The molecule has 2 aliphatic rings. The summed E-state index contributed by atoms with van der Waals surface area (Å²) in [4.78, 5) is 14.7. The van der Waals surface area contributed by atoms with Crippen molar-refractivity contribution in [2.24, 2.45) is 4.99 Å². The molecule has 0 aliphatic carbocycles. The second kappa shape index (κ2) is 9.78. The van der Waals surface area contributed by atoms with Gasteiger partial charge in [0, 0.05) is 54.0 Å². The Morgan fingerprint density at radius 3 is 2.58 bits per heavy atom. The normalized spacial score (nSPS) is 18.3. The van der Waals surface area contributed by atoms with Crippen LogP contribution in [-0.4, -0.2) is 62.1 Å². The smallest absolute Gasteiger partial charge is 0.197 e. The summed E-state index contributed by atoms with van der Waals surface area (Å²) in [5.41, 5.74) is 2.74. The minimum absolute atomic E-state index is 0.784. The minimum Gasteiger partial charge on any atom is -0.356 e. The van der Waals surface area contributed by atoms with Crippen LogP contribution in [-0.2, 0) is 11.0 Å². The molecule has 5 rings (SSSR count). The van der Waals surface area contributed by atoms with Gasteiger partial charge in [-0.2, -0.15) is 11.8 Å². The van der Waals surface area contributed by atoms with Crippen LogP contribution in [0.3, 0.4) is 0 Å². The molecule has 0 radical (unpaired) electrons. The van der Waals surface area contributed by atoms with Gasteiger partial charge in [-0.25, -0.2) is 18.5 Å². The number of thiazole rings is 2. The maximum absolute atomic E-state index is 12.8. The van der Waals surface area contributed by atoms with E-state index in [1.54, 1.807) is 22.7 Å². The molecular weight excluding hydrogens is 469 g/mol. The fraction of sp³-hybridized carbons (Fsp3) is 0.350. The number of anilines is 1. The van der Waals surface area contributed by atoms with Gasteiger partial charge in [-0.05, 0) is 18.6 Å². The van der Waals surface area contributed by atoms with Crippen molar-refractivity contribution in [2.45, 2.75) is 11.3 Å². The van der Waals surface area contributed by atoms with Crippen molar-refractivity contribution in [1.29, 1.82) is 0 Å². The first-order valence-electron chi connectivity index (χ1n) is 10.1. The lowest BCUT2D eigenvalue weighted by molar-refractivity contribution is 0.487. The van der Waals surface area contributed by atoms with Gasteiger partial charge < -0.3 is 10.6 Å². The SMILES string of the molecule is O=S(c1ccc(-c2nc(-c3csc(NC4=NCCCN4)n3)cs2)cc1)N1CCSCC1. The molecule has 3 aromatic rings. The van der Waals surface area contributed by atoms with Crippen LogP contribution < -0.4 is 10.6 Å². The third-order valence-corrected chi connectivity index (χ3v) is 9.00. The Bertz CT molecular complexity index is 1090. The van der Waals surface area contributed by atoms with Gasteiger partial charge in [0.25, 0.3) is 0 Å². The number of guanidine groups is 1. The molecule has 2 aliphatic heterocycles. The van der Waals surface area contributed by atoms with Gasteiger partial charge in [-0.1, -0.05) is 12.1 Å².